The van der Waals surface area contributed by atoms with Gasteiger partial charge in [-0.05, 0) is 32.4 Å². The van der Waals surface area contributed by atoms with Crippen LogP contribution < -0.4 is 10.6 Å². The summed E-state index contributed by atoms with van der Waals surface area (Å²) in [4.78, 5) is 11.8. The number of alkyl carbamates (subject to hydrolysis) is 1. The minimum atomic E-state index is -1.03. The van der Waals surface area contributed by atoms with E-state index in [0.717, 1.165) is 25.8 Å². The molecule has 0 aliphatic rings. The summed E-state index contributed by atoms with van der Waals surface area (Å²) in [6.45, 7) is 5.55. The average Bonchev–Trinajstić information content (AvgIpc) is 2.70. The second-order valence-electron chi connectivity index (χ2n) is 7.89. The monoisotopic (exact) mass is 402 g/mol. The normalized spacial score (nSPS) is 11.6. The van der Waals surface area contributed by atoms with E-state index in [1.54, 1.807) is 0 Å². The zero-order valence-electron chi connectivity index (χ0n) is 18.4. The lowest BCUT2D eigenvalue weighted by Crippen LogP contribution is -2.55. The van der Waals surface area contributed by atoms with E-state index in [1.165, 1.54) is 57.8 Å². The Balaban J connectivity index is 3.71. The summed E-state index contributed by atoms with van der Waals surface area (Å²) in [5.41, 5.74) is -1.03. The van der Waals surface area contributed by atoms with Gasteiger partial charge in [-0.15, -0.1) is 0 Å². The molecular formula is C22H46N2O4. The summed E-state index contributed by atoms with van der Waals surface area (Å²) >= 11 is 0. The van der Waals surface area contributed by atoms with E-state index < -0.39 is 11.6 Å². The summed E-state index contributed by atoms with van der Waals surface area (Å²) in [6.07, 6.45) is 14.8. The highest BCUT2D eigenvalue weighted by Crippen LogP contribution is 2.11. The van der Waals surface area contributed by atoms with Crippen LogP contribution in [0, 0.1) is 0 Å². The fraction of sp³-hybridized carbons (Fsp3) is 0.955. The number of hydrogen-bond acceptors (Lipinski definition) is 5. The number of carbonyl (C=O) groups is 1. The summed E-state index contributed by atoms with van der Waals surface area (Å²) in [5.74, 6) is 0. The van der Waals surface area contributed by atoms with E-state index >= 15 is 0 Å². The van der Waals surface area contributed by atoms with Crippen molar-refractivity contribution < 1.29 is 19.7 Å². The topological polar surface area (TPSA) is 90.8 Å². The van der Waals surface area contributed by atoms with Crippen LogP contribution in [0.4, 0.5) is 4.79 Å². The van der Waals surface area contributed by atoms with Gasteiger partial charge in [-0.3, -0.25) is 0 Å². The molecule has 6 heteroatoms. The first-order valence-corrected chi connectivity index (χ1v) is 11.5. The van der Waals surface area contributed by atoms with Crippen LogP contribution in [-0.2, 0) is 4.74 Å². The number of amides is 1. The van der Waals surface area contributed by atoms with E-state index in [-0.39, 0.29) is 13.2 Å². The number of ether oxygens (including phenoxy) is 1. The number of aliphatic hydroxyl groups is 2. The summed E-state index contributed by atoms with van der Waals surface area (Å²) < 4.78 is 5.07. The number of hydrogen-bond donors (Lipinski definition) is 4. The van der Waals surface area contributed by atoms with Gasteiger partial charge in [0.25, 0.3) is 0 Å². The predicted molar refractivity (Wildman–Crippen MR) is 116 cm³/mol. The quantitative estimate of drug-likeness (QED) is 0.230. The van der Waals surface area contributed by atoms with E-state index in [1.807, 2.05) is 6.92 Å². The zero-order valence-corrected chi connectivity index (χ0v) is 18.4. The highest BCUT2D eigenvalue weighted by atomic mass is 16.5. The van der Waals surface area contributed by atoms with Crippen LogP contribution in [0.2, 0.25) is 0 Å². The Morgan fingerprint density at radius 3 is 1.86 bits per heavy atom. The molecule has 0 bridgehead atoms. The van der Waals surface area contributed by atoms with Gasteiger partial charge in [0.15, 0.2) is 0 Å². The molecule has 0 spiro atoms. The van der Waals surface area contributed by atoms with Gasteiger partial charge in [0.05, 0.1) is 25.4 Å². The third-order valence-electron chi connectivity index (χ3n) is 5.19. The number of aliphatic hydroxyl groups excluding tert-OH is 2. The standard InChI is InChI=1S/C22H46N2O4/c1-3-5-7-8-9-10-11-12-13-14-16-23-17-15-22(19-25,20-26)24-21(27)28-18-6-4-2/h23,25-26H,3-20H2,1-2H3,(H,24,27). The maximum Gasteiger partial charge on any atom is 0.407 e. The molecule has 0 atom stereocenters. The minimum Gasteiger partial charge on any atom is -0.450 e. The molecule has 0 aromatic rings. The van der Waals surface area contributed by atoms with Gasteiger partial charge in [-0.25, -0.2) is 4.79 Å². The van der Waals surface area contributed by atoms with Crippen molar-refractivity contribution >= 4 is 6.09 Å². The predicted octanol–water partition coefficient (Wildman–Crippen LogP) is 4.14. The molecule has 4 N–H and O–H groups in total. The Morgan fingerprint density at radius 2 is 1.32 bits per heavy atom. The van der Waals surface area contributed by atoms with Crippen molar-refractivity contribution in [1.29, 1.82) is 0 Å². The Hall–Kier alpha value is -0.850. The van der Waals surface area contributed by atoms with Crippen molar-refractivity contribution in [3.63, 3.8) is 0 Å². The van der Waals surface area contributed by atoms with Crippen molar-refractivity contribution in [2.75, 3.05) is 32.9 Å². The first-order chi connectivity index (χ1) is 13.6. The molecule has 168 valence electrons. The van der Waals surface area contributed by atoms with E-state index in [9.17, 15) is 15.0 Å². The van der Waals surface area contributed by atoms with Crippen molar-refractivity contribution in [1.82, 2.24) is 10.6 Å². The molecule has 0 rings (SSSR count). The molecule has 28 heavy (non-hydrogen) atoms. The van der Waals surface area contributed by atoms with E-state index in [0.29, 0.717) is 19.6 Å². The van der Waals surface area contributed by atoms with Crippen LogP contribution in [0.25, 0.3) is 0 Å². The van der Waals surface area contributed by atoms with E-state index in [2.05, 4.69) is 17.6 Å². The molecule has 0 aromatic heterocycles. The second-order valence-corrected chi connectivity index (χ2v) is 7.89. The summed E-state index contributed by atoms with van der Waals surface area (Å²) in [7, 11) is 0. The van der Waals surface area contributed by atoms with Gasteiger partial charge < -0.3 is 25.6 Å². The van der Waals surface area contributed by atoms with Crippen molar-refractivity contribution in [2.45, 2.75) is 103 Å². The van der Waals surface area contributed by atoms with Crippen molar-refractivity contribution in [3.8, 4) is 0 Å². The van der Waals surface area contributed by atoms with Gasteiger partial charge in [-0.2, -0.15) is 0 Å². The third-order valence-corrected chi connectivity index (χ3v) is 5.19. The van der Waals surface area contributed by atoms with E-state index in [4.69, 9.17) is 4.74 Å². The lowest BCUT2D eigenvalue weighted by Gasteiger charge is -2.30. The van der Waals surface area contributed by atoms with Crippen LogP contribution in [-0.4, -0.2) is 54.8 Å². The number of carbonyl (C=O) groups excluding carboxylic acids is 1. The molecule has 0 aliphatic carbocycles. The maximum atomic E-state index is 11.8. The van der Waals surface area contributed by atoms with Crippen LogP contribution in [0.5, 0.6) is 0 Å². The van der Waals surface area contributed by atoms with Crippen LogP contribution in [0.15, 0.2) is 0 Å². The van der Waals surface area contributed by atoms with Gasteiger partial charge >= 0.3 is 6.09 Å². The minimum absolute atomic E-state index is 0.313. The van der Waals surface area contributed by atoms with Gasteiger partial charge in [-0.1, -0.05) is 78.1 Å². The fourth-order valence-corrected chi connectivity index (χ4v) is 3.10. The zero-order chi connectivity index (χ0) is 20.9. The molecule has 6 nitrogen and oxygen atoms in total. The largest absolute Gasteiger partial charge is 0.450 e. The molecule has 0 saturated carbocycles. The first-order valence-electron chi connectivity index (χ1n) is 11.5. The molecule has 1 amide bonds. The van der Waals surface area contributed by atoms with Crippen LogP contribution >= 0.6 is 0 Å². The lowest BCUT2D eigenvalue weighted by molar-refractivity contribution is 0.0693. The highest BCUT2D eigenvalue weighted by Gasteiger charge is 2.30. The van der Waals surface area contributed by atoms with Gasteiger partial charge in [0.2, 0.25) is 0 Å². The molecule has 0 saturated heterocycles. The summed E-state index contributed by atoms with van der Waals surface area (Å²) in [5, 5.41) is 25.2. The smallest absolute Gasteiger partial charge is 0.407 e. The average molecular weight is 403 g/mol. The molecule has 0 radical (unpaired) electrons. The summed E-state index contributed by atoms with van der Waals surface area (Å²) in [6, 6.07) is 0. The number of unbranched alkanes of at least 4 members (excludes halogenated alkanes) is 10. The Bertz CT molecular complexity index is 349. The molecule has 0 unspecified atom stereocenters. The highest BCUT2D eigenvalue weighted by molar-refractivity contribution is 5.68. The van der Waals surface area contributed by atoms with Crippen LogP contribution in [0.1, 0.15) is 97.3 Å². The number of rotatable bonds is 20. The van der Waals surface area contributed by atoms with Crippen LogP contribution in [0.3, 0.4) is 0 Å². The molecule has 0 aliphatic heterocycles. The Kier molecular flexibility index (Phi) is 18.9. The first kappa shape index (κ1) is 27.1. The lowest BCUT2D eigenvalue weighted by atomic mass is 9.97. The number of nitrogens with one attached hydrogen (secondary N) is 2. The van der Waals surface area contributed by atoms with Gasteiger partial charge in [0, 0.05) is 0 Å². The maximum absolute atomic E-state index is 11.8. The fourth-order valence-electron chi connectivity index (χ4n) is 3.10. The second kappa shape index (κ2) is 19.5. The molecular weight excluding hydrogens is 356 g/mol. The van der Waals surface area contributed by atoms with Gasteiger partial charge in [0.1, 0.15) is 0 Å². The Labute approximate surface area is 172 Å². The van der Waals surface area contributed by atoms with Crippen molar-refractivity contribution in [3.05, 3.63) is 0 Å². The van der Waals surface area contributed by atoms with Crippen molar-refractivity contribution in [2.24, 2.45) is 0 Å². The molecule has 0 heterocycles. The Morgan fingerprint density at radius 1 is 0.786 bits per heavy atom. The molecule has 0 aromatic carbocycles. The third kappa shape index (κ3) is 15.1. The SMILES string of the molecule is CCCCCCCCCCCCNCCC(CO)(CO)NC(=O)OCCCC. The molecule has 0 fully saturated rings.